The van der Waals surface area contributed by atoms with Crippen LogP contribution in [0.5, 0.6) is 0 Å². The molecule has 0 radical (unpaired) electrons. The summed E-state index contributed by atoms with van der Waals surface area (Å²) in [5.41, 5.74) is 1.31. The zero-order valence-electron chi connectivity index (χ0n) is 15.3. The average molecular weight is 385 g/mol. The predicted molar refractivity (Wildman–Crippen MR) is 107 cm³/mol. The van der Waals surface area contributed by atoms with E-state index in [2.05, 4.69) is 17.0 Å². The lowest BCUT2D eigenvalue weighted by molar-refractivity contribution is -0.385. The molecule has 1 aliphatic heterocycles. The average Bonchev–Trinajstić information content (AvgIpc) is 2.93. The largest absolute Gasteiger partial charge is 0.337 e. The molecule has 0 spiro atoms. The summed E-state index contributed by atoms with van der Waals surface area (Å²) in [5.74, 6) is -0.251. The van der Waals surface area contributed by atoms with Gasteiger partial charge in [-0.1, -0.05) is 30.3 Å². The highest BCUT2D eigenvalue weighted by Crippen LogP contribution is 2.26. The van der Waals surface area contributed by atoms with Gasteiger partial charge in [-0.05, 0) is 30.4 Å². The van der Waals surface area contributed by atoms with Crippen LogP contribution in [-0.2, 0) is 6.54 Å². The van der Waals surface area contributed by atoms with E-state index in [-0.39, 0.29) is 17.2 Å². The molecule has 0 saturated carbocycles. The Morgan fingerprint density at radius 3 is 2.59 bits per heavy atom. The topological polar surface area (TPSA) is 66.7 Å². The Labute approximate surface area is 163 Å². The van der Waals surface area contributed by atoms with Crippen molar-refractivity contribution in [3.05, 3.63) is 69.8 Å². The van der Waals surface area contributed by atoms with Gasteiger partial charge in [0.15, 0.2) is 0 Å². The number of nitrogens with zero attached hydrogens (tertiary/aromatic N) is 3. The SMILES string of the molecule is CSc1ccc([N+](=O)[O-])c(C(=O)N2CCCN(Cc3ccccc3)CC2)c1. The molecular weight excluding hydrogens is 362 g/mol. The number of hydrogen-bond donors (Lipinski definition) is 0. The first-order valence-corrected chi connectivity index (χ1v) is 10.2. The Morgan fingerprint density at radius 2 is 1.89 bits per heavy atom. The van der Waals surface area contributed by atoms with E-state index in [1.165, 1.54) is 23.4 Å². The molecule has 1 fully saturated rings. The van der Waals surface area contributed by atoms with Gasteiger partial charge >= 0.3 is 0 Å². The third kappa shape index (κ3) is 4.87. The summed E-state index contributed by atoms with van der Waals surface area (Å²) in [5, 5.41) is 11.4. The molecule has 2 aromatic carbocycles. The van der Waals surface area contributed by atoms with Crippen LogP contribution >= 0.6 is 11.8 Å². The number of benzene rings is 2. The molecule has 6 nitrogen and oxygen atoms in total. The lowest BCUT2D eigenvalue weighted by Gasteiger charge is -2.22. The van der Waals surface area contributed by atoms with Crippen LogP contribution in [0.15, 0.2) is 53.4 Å². The minimum Gasteiger partial charge on any atom is -0.337 e. The molecule has 0 aliphatic carbocycles. The predicted octanol–water partition coefficient (Wildman–Crippen LogP) is 3.66. The van der Waals surface area contributed by atoms with Gasteiger partial charge in [-0.3, -0.25) is 19.8 Å². The summed E-state index contributed by atoms with van der Waals surface area (Å²) < 4.78 is 0. The number of amides is 1. The van der Waals surface area contributed by atoms with Gasteiger partial charge in [-0.2, -0.15) is 0 Å². The van der Waals surface area contributed by atoms with Gasteiger partial charge in [-0.15, -0.1) is 11.8 Å². The second-order valence-electron chi connectivity index (χ2n) is 6.55. The van der Waals surface area contributed by atoms with Crippen LogP contribution in [0.2, 0.25) is 0 Å². The van der Waals surface area contributed by atoms with Gasteiger partial charge in [0.1, 0.15) is 5.56 Å². The van der Waals surface area contributed by atoms with Gasteiger partial charge in [-0.25, -0.2) is 0 Å². The zero-order chi connectivity index (χ0) is 19.2. The first kappa shape index (κ1) is 19.4. The van der Waals surface area contributed by atoms with Crippen molar-refractivity contribution in [3.63, 3.8) is 0 Å². The van der Waals surface area contributed by atoms with Crippen LogP contribution in [0.3, 0.4) is 0 Å². The molecule has 3 rings (SSSR count). The normalized spacial score (nSPS) is 15.4. The molecule has 1 amide bonds. The third-order valence-corrected chi connectivity index (χ3v) is 5.48. The van der Waals surface area contributed by atoms with Gasteiger partial charge in [0.2, 0.25) is 0 Å². The van der Waals surface area contributed by atoms with E-state index < -0.39 is 4.92 Å². The van der Waals surface area contributed by atoms with Gasteiger partial charge < -0.3 is 4.90 Å². The Bertz CT molecular complexity index is 813. The molecule has 142 valence electrons. The molecule has 7 heteroatoms. The summed E-state index contributed by atoms with van der Waals surface area (Å²) in [7, 11) is 0. The van der Waals surface area contributed by atoms with E-state index in [4.69, 9.17) is 0 Å². The van der Waals surface area contributed by atoms with Gasteiger partial charge in [0.05, 0.1) is 4.92 Å². The molecular formula is C20H23N3O3S. The summed E-state index contributed by atoms with van der Waals surface area (Å²) in [6, 6.07) is 15.0. The maximum Gasteiger partial charge on any atom is 0.282 e. The smallest absolute Gasteiger partial charge is 0.282 e. The lowest BCUT2D eigenvalue weighted by atomic mass is 10.1. The first-order valence-electron chi connectivity index (χ1n) is 8.96. The highest BCUT2D eigenvalue weighted by atomic mass is 32.2. The van der Waals surface area contributed by atoms with Crippen LogP contribution < -0.4 is 0 Å². The molecule has 0 N–H and O–H groups in total. The number of rotatable bonds is 5. The third-order valence-electron chi connectivity index (χ3n) is 4.76. The number of hydrogen-bond acceptors (Lipinski definition) is 5. The van der Waals surface area contributed by atoms with Gasteiger partial charge in [0.25, 0.3) is 11.6 Å². The van der Waals surface area contributed by atoms with Crippen molar-refractivity contribution in [2.75, 3.05) is 32.4 Å². The molecule has 1 heterocycles. The van der Waals surface area contributed by atoms with E-state index in [1.54, 1.807) is 17.0 Å². The lowest BCUT2D eigenvalue weighted by Crippen LogP contribution is -2.35. The van der Waals surface area contributed by atoms with Crippen LogP contribution in [0.1, 0.15) is 22.3 Å². The Morgan fingerprint density at radius 1 is 1.11 bits per heavy atom. The standard InChI is InChI=1S/C20H23N3O3S/c1-27-17-8-9-19(23(25)26)18(14-17)20(24)22-11-5-10-21(12-13-22)15-16-6-3-2-4-7-16/h2-4,6-9,14H,5,10-13,15H2,1H3. The van der Waals surface area contributed by atoms with E-state index in [1.807, 2.05) is 24.5 Å². The highest BCUT2D eigenvalue weighted by molar-refractivity contribution is 7.98. The summed E-state index contributed by atoms with van der Waals surface area (Å²) >= 11 is 1.47. The minimum absolute atomic E-state index is 0.122. The van der Waals surface area contributed by atoms with Crippen molar-refractivity contribution in [1.29, 1.82) is 0 Å². The Balaban J connectivity index is 1.72. The first-order chi connectivity index (χ1) is 13.1. The fourth-order valence-electron chi connectivity index (χ4n) is 3.32. The number of carbonyl (C=O) groups is 1. The zero-order valence-corrected chi connectivity index (χ0v) is 16.2. The summed E-state index contributed by atoms with van der Waals surface area (Å²) in [6.07, 6.45) is 2.75. The van der Waals surface area contributed by atoms with E-state index in [9.17, 15) is 14.9 Å². The number of nitro benzene ring substituents is 1. The molecule has 1 saturated heterocycles. The Kier molecular flexibility index (Phi) is 6.47. The van der Waals surface area contributed by atoms with Crippen molar-refractivity contribution >= 4 is 23.4 Å². The fourth-order valence-corrected chi connectivity index (χ4v) is 3.76. The Hall–Kier alpha value is -2.38. The van der Waals surface area contributed by atoms with Crippen LogP contribution in [-0.4, -0.2) is 53.1 Å². The molecule has 0 atom stereocenters. The van der Waals surface area contributed by atoms with Crippen molar-refractivity contribution in [1.82, 2.24) is 9.80 Å². The highest BCUT2D eigenvalue weighted by Gasteiger charge is 2.26. The fraction of sp³-hybridized carbons (Fsp3) is 0.350. The van der Waals surface area contributed by atoms with Crippen molar-refractivity contribution in [2.24, 2.45) is 0 Å². The van der Waals surface area contributed by atoms with Crippen LogP contribution in [0, 0.1) is 10.1 Å². The van der Waals surface area contributed by atoms with E-state index >= 15 is 0 Å². The molecule has 0 unspecified atom stereocenters. The summed E-state index contributed by atoms with van der Waals surface area (Å²) in [6.45, 7) is 3.71. The van der Waals surface area contributed by atoms with Crippen molar-refractivity contribution in [3.8, 4) is 0 Å². The second-order valence-corrected chi connectivity index (χ2v) is 7.43. The summed E-state index contributed by atoms with van der Waals surface area (Å²) in [4.78, 5) is 28.8. The van der Waals surface area contributed by atoms with Crippen molar-refractivity contribution < 1.29 is 9.72 Å². The van der Waals surface area contributed by atoms with Crippen LogP contribution in [0.4, 0.5) is 5.69 Å². The maximum absolute atomic E-state index is 13.0. The second kappa shape index (κ2) is 9.01. The number of thioether (sulfide) groups is 1. The molecule has 2 aromatic rings. The molecule has 0 aromatic heterocycles. The van der Waals surface area contributed by atoms with Crippen LogP contribution in [0.25, 0.3) is 0 Å². The number of nitro groups is 1. The van der Waals surface area contributed by atoms with E-state index in [0.717, 1.165) is 31.0 Å². The monoisotopic (exact) mass is 385 g/mol. The maximum atomic E-state index is 13.0. The molecule has 27 heavy (non-hydrogen) atoms. The van der Waals surface area contributed by atoms with E-state index in [0.29, 0.717) is 13.1 Å². The quantitative estimate of drug-likeness (QED) is 0.446. The molecule has 1 aliphatic rings. The molecule has 0 bridgehead atoms. The van der Waals surface area contributed by atoms with Gasteiger partial charge in [0, 0.05) is 43.7 Å². The van der Waals surface area contributed by atoms with Crippen molar-refractivity contribution in [2.45, 2.75) is 17.9 Å². The minimum atomic E-state index is -0.475. The number of carbonyl (C=O) groups excluding carboxylic acids is 1.